The SMILES string of the molecule is CC(=O)OCC12CCC3(C)C(CCC4C5(C)CCC(OC(C)=O)C(C)(C)C5CCC43C)C13OC3(C(C)C)CC2. The van der Waals surface area contributed by atoms with E-state index >= 15 is 0 Å². The second kappa shape index (κ2) is 8.26. The minimum Gasteiger partial charge on any atom is -0.465 e. The molecule has 6 rings (SSSR count). The van der Waals surface area contributed by atoms with Crippen molar-refractivity contribution in [1.82, 2.24) is 0 Å². The summed E-state index contributed by atoms with van der Waals surface area (Å²) in [6.07, 6.45) is 11.6. The van der Waals surface area contributed by atoms with Gasteiger partial charge in [0.05, 0.1) is 6.61 Å². The molecule has 6 aliphatic rings. The molecule has 0 bridgehead atoms. The predicted octanol–water partition coefficient (Wildman–Crippen LogP) is 7.49. The van der Waals surface area contributed by atoms with Gasteiger partial charge in [0.2, 0.25) is 0 Å². The molecule has 6 fully saturated rings. The third-order valence-electron chi connectivity index (χ3n) is 14.9. The first-order valence-electron chi connectivity index (χ1n) is 16.1. The zero-order chi connectivity index (χ0) is 28.4. The van der Waals surface area contributed by atoms with Crippen LogP contribution in [0.5, 0.6) is 0 Å². The molecule has 1 heterocycles. The maximum atomic E-state index is 12.0. The van der Waals surface area contributed by atoms with E-state index in [0.717, 1.165) is 32.1 Å². The molecule has 5 saturated carbocycles. The summed E-state index contributed by atoms with van der Waals surface area (Å²) in [7, 11) is 0. The van der Waals surface area contributed by atoms with Gasteiger partial charge in [0.15, 0.2) is 0 Å². The summed E-state index contributed by atoms with van der Waals surface area (Å²) in [5.41, 5.74) is 0.414. The smallest absolute Gasteiger partial charge is 0.302 e. The quantitative estimate of drug-likeness (QED) is 0.272. The Labute approximate surface area is 236 Å². The van der Waals surface area contributed by atoms with Gasteiger partial charge >= 0.3 is 11.9 Å². The molecule has 1 saturated heterocycles. The third kappa shape index (κ3) is 3.18. The van der Waals surface area contributed by atoms with Crippen molar-refractivity contribution >= 4 is 11.9 Å². The van der Waals surface area contributed by atoms with E-state index in [4.69, 9.17) is 14.2 Å². The highest BCUT2D eigenvalue weighted by Gasteiger charge is 2.89. The number of rotatable bonds is 4. The molecule has 1 aliphatic heterocycles. The molecule has 39 heavy (non-hydrogen) atoms. The Morgan fingerprint density at radius 2 is 1.41 bits per heavy atom. The number of carbonyl (C=O) groups is 2. The molecule has 0 aromatic carbocycles. The molecule has 5 aliphatic carbocycles. The maximum Gasteiger partial charge on any atom is 0.302 e. The summed E-state index contributed by atoms with van der Waals surface area (Å²) >= 11 is 0. The minimum absolute atomic E-state index is 0.0138. The Hall–Kier alpha value is -1.10. The molecule has 0 N–H and O–H groups in total. The Bertz CT molecular complexity index is 1070. The van der Waals surface area contributed by atoms with Crippen LogP contribution in [0, 0.1) is 50.7 Å². The summed E-state index contributed by atoms with van der Waals surface area (Å²) in [6, 6.07) is 0. The van der Waals surface area contributed by atoms with Gasteiger partial charge in [-0.15, -0.1) is 0 Å². The van der Waals surface area contributed by atoms with Crippen molar-refractivity contribution in [2.24, 2.45) is 50.7 Å². The molecule has 5 heteroatoms. The minimum atomic E-state index is -0.163. The van der Waals surface area contributed by atoms with Crippen LogP contribution in [0.25, 0.3) is 0 Å². The van der Waals surface area contributed by atoms with Gasteiger partial charge in [-0.1, -0.05) is 48.5 Å². The van der Waals surface area contributed by atoms with Crippen molar-refractivity contribution < 1.29 is 23.8 Å². The highest BCUT2D eigenvalue weighted by molar-refractivity contribution is 5.66. The topological polar surface area (TPSA) is 65.1 Å². The first-order chi connectivity index (χ1) is 18.1. The zero-order valence-electron chi connectivity index (χ0n) is 26.2. The molecular weight excluding hydrogens is 488 g/mol. The standard InChI is InChI=1S/C34H54O5/c1-21(2)33-19-18-32(20-37-22(3)35)17-16-31(9)26(34(32,33)39-33)11-10-25-29(7)14-13-27(38-23(4)36)28(5,6)24(29)12-15-30(25,31)8/h21,24-27H,10-20H2,1-9H3. The van der Waals surface area contributed by atoms with E-state index in [9.17, 15) is 9.59 Å². The van der Waals surface area contributed by atoms with E-state index in [2.05, 4.69) is 48.5 Å². The van der Waals surface area contributed by atoms with Gasteiger partial charge < -0.3 is 14.2 Å². The molecule has 10 unspecified atom stereocenters. The second-order valence-electron chi connectivity index (χ2n) is 16.5. The zero-order valence-corrected chi connectivity index (χ0v) is 26.2. The molecular formula is C34H54O5. The van der Waals surface area contributed by atoms with E-state index in [1.807, 2.05) is 0 Å². The van der Waals surface area contributed by atoms with Crippen LogP contribution in [0.1, 0.15) is 127 Å². The van der Waals surface area contributed by atoms with Gasteiger partial charge in [-0.3, -0.25) is 9.59 Å². The van der Waals surface area contributed by atoms with Crippen molar-refractivity contribution in [3.05, 3.63) is 0 Å². The predicted molar refractivity (Wildman–Crippen MR) is 151 cm³/mol. The molecule has 0 radical (unpaired) electrons. The highest BCUT2D eigenvalue weighted by Crippen LogP contribution is 2.85. The number of hydrogen-bond donors (Lipinski definition) is 0. The molecule has 1 spiro atoms. The van der Waals surface area contributed by atoms with Crippen LogP contribution in [-0.2, 0) is 23.8 Å². The first kappa shape index (κ1) is 28.0. The molecule has 0 aromatic heterocycles. The summed E-state index contributed by atoms with van der Waals surface area (Å²) in [5.74, 6) is 1.89. The van der Waals surface area contributed by atoms with Gasteiger partial charge in [0.1, 0.15) is 17.3 Å². The van der Waals surface area contributed by atoms with Crippen molar-refractivity contribution in [2.75, 3.05) is 6.61 Å². The van der Waals surface area contributed by atoms with Crippen molar-refractivity contribution in [3.8, 4) is 0 Å². The van der Waals surface area contributed by atoms with Crippen LogP contribution in [0.4, 0.5) is 0 Å². The molecule has 5 nitrogen and oxygen atoms in total. The van der Waals surface area contributed by atoms with Crippen LogP contribution >= 0.6 is 0 Å². The molecule has 220 valence electrons. The molecule has 10 atom stereocenters. The number of hydrogen-bond acceptors (Lipinski definition) is 5. The van der Waals surface area contributed by atoms with Crippen LogP contribution in [-0.4, -0.2) is 35.9 Å². The lowest BCUT2D eigenvalue weighted by Crippen LogP contribution is -2.69. The van der Waals surface area contributed by atoms with Gasteiger partial charge in [0, 0.05) is 24.7 Å². The van der Waals surface area contributed by atoms with Gasteiger partial charge in [0.25, 0.3) is 0 Å². The lowest BCUT2D eigenvalue weighted by Gasteiger charge is -2.72. The largest absolute Gasteiger partial charge is 0.465 e. The number of esters is 2. The number of ether oxygens (including phenoxy) is 3. The van der Waals surface area contributed by atoms with Crippen molar-refractivity contribution in [3.63, 3.8) is 0 Å². The third-order valence-corrected chi connectivity index (χ3v) is 14.9. The molecule has 0 amide bonds. The summed E-state index contributed by atoms with van der Waals surface area (Å²) in [4.78, 5) is 24.0. The van der Waals surface area contributed by atoms with E-state index in [0.29, 0.717) is 30.3 Å². The lowest BCUT2D eigenvalue weighted by atomic mass is 9.32. The van der Waals surface area contributed by atoms with E-state index < -0.39 is 0 Å². The fourth-order valence-electron chi connectivity index (χ4n) is 13.0. The van der Waals surface area contributed by atoms with Crippen LogP contribution in [0.15, 0.2) is 0 Å². The Morgan fingerprint density at radius 3 is 2.03 bits per heavy atom. The van der Waals surface area contributed by atoms with Crippen LogP contribution in [0.3, 0.4) is 0 Å². The number of carbonyl (C=O) groups excluding carboxylic acids is 2. The highest BCUT2D eigenvalue weighted by atomic mass is 16.6. The normalized spacial score (nSPS) is 53.0. The van der Waals surface area contributed by atoms with Gasteiger partial charge in [-0.05, 0) is 104 Å². The van der Waals surface area contributed by atoms with Crippen LogP contribution < -0.4 is 0 Å². The number of fused-ring (bicyclic) bond motifs is 5. The Morgan fingerprint density at radius 1 is 0.769 bits per heavy atom. The average Bonchev–Trinajstić information content (AvgIpc) is 3.44. The molecule has 0 aromatic rings. The average molecular weight is 543 g/mol. The Kier molecular flexibility index (Phi) is 5.94. The summed E-state index contributed by atoms with van der Waals surface area (Å²) < 4.78 is 18.9. The second-order valence-corrected chi connectivity index (χ2v) is 16.5. The van der Waals surface area contributed by atoms with Crippen molar-refractivity contribution in [1.29, 1.82) is 0 Å². The van der Waals surface area contributed by atoms with Gasteiger partial charge in [-0.25, -0.2) is 0 Å². The fraction of sp³-hybridized carbons (Fsp3) is 0.941. The van der Waals surface area contributed by atoms with E-state index in [1.165, 1.54) is 32.1 Å². The Balaban J connectivity index is 1.37. The lowest BCUT2D eigenvalue weighted by molar-refractivity contribution is -0.254. The van der Waals surface area contributed by atoms with E-state index in [-0.39, 0.29) is 56.3 Å². The van der Waals surface area contributed by atoms with E-state index in [1.54, 1.807) is 13.8 Å². The maximum absolute atomic E-state index is 12.0. The monoisotopic (exact) mass is 542 g/mol. The first-order valence-corrected chi connectivity index (χ1v) is 16.1. The van der Waals surface area contributed by atoms with Crippen LogP contribution in [0.2, 0.25) is 0 Å². The fourth-order valence-corrected chi connectivity index (χ4v) is 13.0. The van der Waals surface area contributed by atoms with Gasteiger partial charge in [-0.2, -0.15) is 0 Å². The summed E-state index contributed by atoms with van der Waals surface area (Å²) in [5, 5.41) is 0. The summed E-state index contributed by atoms with van der Waals surface area (Å²) in [6.45, 7) is 21.0. The van der Waals surface area contributed by atoms with Crippen molar-refractivity contribution in [2.45, 2.75) is 144 Å². The number of epoxide rings is 1.